The summed E-state index contributed by atoms with van der Waals surface area (Å²) in [6.45, 7) is 4.40. The highest BCUT2D eigenvalue weighted by Gasteiger charge is 2.20. The van der Waals surface area contributed by atoms with E-state index in [-0.39, 0.29) is 11.2 Å². The van der Waals surface area contributed by atoms with Crippen molar-refractivity contribution >= 4 is 17.7 Å². The highest BCUT2D eigenvalue weighted by Crippen LogP contribution is 2.29. The Hall–Kier alpha value is -1.16. The standard InChI is InChI=1S/C15H22O3S/c1-4-6-7-14(15(16)18-5-2)19-13-10-8-12(17-3)9-11-13/h8-11,14H,4-7H2,1-3H3/t14-/m0/s1. The maximum absolute atomic E-state index is 11.9. The van der Waals surface area contributed by atoms with E-state index in [0.717, 1.165) is 29.9 Å². The molecule has 0 aliphatic heterocycles. The van der Waals surface area contributed by atoms with Crippen LogP contribution in [0.1, 0.15) is 33.1 Å². The monoisotopic (exact) mass is 282 g/mol. The lowest BCUT2D eigenvalue weighted by Gasteiger charge is -2.15. The van der Waals surface area contributed by atoms with Crippen LogP contribution in [0.25, 0.3) is 0 Å². The maximum Gasteiger partial charge on any atom is 0.319 e. The van der Waals surface area contributed by atoms with Crippen LogP contribution in [0, 0.1) is 0 Å². The number of hydrogen-bond acceptors (Lipinski definition) is 4. The molecule has 106 valence electrons. The summed E-state index contributed by atoms with van der Waals surface area (Å²) in [5.41, 5.74) is 0. The van der Waals surface area contributed by atoms with E-state index in [1.54, 1.807) is 18.9 Å². The van der Waals surface area contributed by atoms with Gasteiger partial charge in [-0.15, -0.1) is 11.8 Å². The molecule has 0 saturated heterocycles. The van der Waals surface area contributed by atoms with Gasteiger partial charge >= 0.3 is 5.97 Å². The number of rotatable bonds is 8. The molecule has 0 aliphatic rings. The van der Waals surface area contributed by atoms with Crippen molar-refractivity contribution in [2.45, 2.75) is 43.3 Å². The molecular weight excluding hydrogens is 260 g/mol. The summed E-state index contributed by atoms with van der Waals surface area (Å²) in [5, 5.41) is -0.117. The fraction of sp³-hybridized carbons (Fsp3) is 0.533. The summed E-state index contributed by atoms with van der Waals surface area (Å²) in [6.07, 6.45) is 2.97. The maximum atomic E-state index is 11.9. The van der Waals surface area contributed by atoms with Crippen LogP contribution < -0.4 is 4.74 Å². The molecule has 1 aromatic carbocycles. The van der Waals surface area contributed by atoms with Crippen molar-refractivity contribution in [3.05, 3.63) is 24.3 Å². The fourth-order valence-electron chi connectivity index (χ4n) is 1.67. The van der Waals surface area contributed by atoms with Crippen molar-refractivity contribution in [3.8, 4) is 5.75 Å². The molecule has 0 aromatic heterocycles. The van der Waals surface area contributed by atoms with Gasteiger partial charge in [0.2, 0.25) is 0 Å². The normalized spacial score (nSPS) is 11.9. The van der Waals surface area contributed by atoms with Gasteiger partial charge in [0.15, 0.2) is 0 Å². The third kappa shape index (κ3) is 5.55. The van der Waals surface area contributed by atoms with Crippen molar-refractivity contribution in [2.24, 2.45) is 0 Å². The molecule has 19 heavy (non-hydrogen) atoms. The average molecular weight is 282 g/mol. The number of ether oxygens (including phenoxy) is 2. The van der Waals surface area contributed by atoms with Crippen molar-refractivity contribution in [1.82, 2.24) is 0 Å². The van der Waals surface area contributed by atoms with Crippen LogP contribution in [0.5, 0.6) is 5.75 Å². The van der Waals surface area contributed by atoms with Gasteiger partial charge in [0.1, 0.15) is 11.0 Å². The molecule has 0 heterocycles. The van der Waals surface area contributed by atoms with Gasteiger partial charge in [-0.05, 0) is 37.6 Å². The average Bonchev–Trinajstić information content (AvgIpc) is 2.44. The summed E-state index contributed by atoms with van der Waals surface area (Å²) in [7, 11) is 1.64. The molecule has 0 N–H and O–H groups in total. The molecule has 1 aromatic rings. The van der Waals surface area contributed by atoms with E-state index < -0.39 is 0 Å². The molecule has 0 fully saturated rings. The van der Waals surface area contributed by atoms with Crippen LogP contribution in [-0.4, -0.2) is 24.9 Å². The smallest absolute Gasteiger partial charge is 0.319 e. The van der Waals surface area contributed by atoms with Gasteiger partial charge in [0.05, 0.1) is 13.7 Å². The van der Waals surface area contributed by atoms with Crippen molar-refractivity contribution < 1.29 is 14.3 Å². The Labute approximate surface area is 119 Å². The van der Waals surface area contributed by atoms with Crippen molar-refractivity contribution in [3.63, 3.8) is 0 Å². The lowest BCUT2D eigenvalue weighted by Crippen LogP contribution is -2.20. The second kappa shape index (κ2) is 8.86. The lowest BCUT2D eigenvalue weighted by molar-refractivity contribution is -0.142. The fourth-order valence-corrected chi connectivity index (χ4v) is 2.74. The Bertz CT molecular complexity index is 375. The van der Waals surface area contributed by atoms with Crippen LogP contribution >= 0.6 is 11.8 Å². The Morgan fingerprint density at radius 2 is 1.95 bits per heavy atom. The summed E-state index contributed by atoms with van der Waals surface area (Å²) in [5.74, 6) is 0.711. The second-order valence-corrected chi connectivity index (χ2v) is 5.45. The number of carbonyl (C=O) groups is 1. The third-order valence-electron chi connectivity index (χ3n) is 2.71. The molecule has 1 atom stereocenters. The highest BCUT2D eigenvalue weighted by molar-refractivity contribution is 8.00. The minimum atomic E-state index is -0.117. The van der Waals surface area contributed by atoms with Crippen LogP contribution in [0.2, 0.25) is 0 Å². The van der Waals surface area contributed by atoms with Gasteiger partial charge in [-0.3, -0.25) is 4.79 Å². The van der Waals surface area contributed by atoms with Crippen molar-refractivity contribution in [2.75, 3.05) is 13.7 Å². The molecule has 0 saturated carbocycles. The predicted molar refractivity (Wildman–Crippen MR) is 78.8 cm³/mol. The van der Waals surface area contributed by atoms with E-state index in [4.69, 9.17) is 9.47 Å². The zero-order valence-electron chi connectivity index (χ0n) is 11.8. The zero-order valence-corrected chi connectivity index (χ0v) is 12.7. The van der Waals surface area contributed by atoms with Gasteiger partial charge in [0.25, 0.3) is 0 Å². The van der Waals surface area contributed by atoms with Crippen LogP contribution in [0.4, 0.5) is 0 Å². The first-order chi connectivity index (χ1) is 9.21. The number of unbranched alkanes of at least 4 members (excludes halogenated alkanes) is 1. The first kappa shape index (κ1) is 15.9. The quantitative estimate of drug-likeness (QED) is 0.535. The molecule has 0 bridgehead atoms. The van der Waals surface area contributed by atoms with Crippen LogP contribution in [0.3, 0.4) is 0 Å². The Balaban J connectivity index is 2.66. The van der Waals surface area contributed by atoms with Crippen LogP contribution in [0.15, 0.2) is 29.2 Å². The number of esters is 1. The molecular formula is C15H22O3S. The van der Waals surface area contributed by atoms with E-state index >= 15 is 0 Å². The topological polar surface area (TPSA) is 35.5 Å². The lowest BCUT2D eigenvalue weighted by atomic mass is 10.2. The second-order valence-electron chi connectivity index (χ2n) is 4.18. The van der Waals surface area contributed by atoms with E-state index in [0.29, 0.717) is 6.61 Å². The molecule has 3 nitrogen and oxygen atoms in total. The first-order valence-corrected chi connectivity index (χ1v) is 7.56. The Kier molecular flexibility index (Phi) is 7.41. The Morgan fingerprint density at radius 1 is 1.26 bits per heavy atom. The molecule has 0 spiro atoms. The number of thioether (sulfide) groups is 1. The van der Waals surface area contributed by atoms with Gasteiger partial charge in [-0.1, -0.05) is 19.8 Å². The summed E-state index contributed by atoms with van der Waals surface area (Å²) in [6, 6.07) is 7.76. The highest BCUT2D eigenvalue weighted by atomic mass is 32.2. The van der Waals surface area contributed by atoms with E-state index in [1.807, 2.05) is 31.2 Å². The molecule has 4 heteroatoms. The van der Waals surface area contributed by atoms with E-state index in [1.165, 1.54) is 0 Å². The minimum Gasteiger partial charge on any atom is -0.497 e. The molecule has 1 rings (SSSR count). The summed E-state index contributed by atoms with van der Waals surface area (Å²) >= 11 is 1.57. The van der Waals surface area contributed by atoms with Gasteiger partial charge < -0.3 is 9.47 Å². The minimum absolute atomic E-state index is 0.114. The molecule has 0 amide bonds. The van der Waals surface area contributed by atoms with Crippen molar-refractivity contribution in [1.29, 1.82) is 0 Å². The first-order valence-electron chi connectivity index (χ1n) is 6.68. The third-order valence-corrected chi connectivity index (χ3v) is 3.96. The van der Waals surface area contributed by atoms with Crippen LogP contribution in [-0.2, 0) is 9.53 Å². The molecule has 0 aliphatic carbocycles. The number of methoxy groups -OCH3 is 1. The van der Waals surface area contributed by atoms with Gasteiger partial charge in [0, 0.05) is 4.90 Å². The van der Waals surface area contributed by atoms with Gasteiger partial charge in [-0.25, -0.2) is 0 Å². The number of hydrogen-bond donors (Lipinski definition) is 0. The van der Waals surface area contributed by atoms with E-state index in [9.17, 15) is 4.79 Å². The Morgan fingerprint density at radius 3 is 2.47 bits per heavy atom. The predicted octanol–water partition coefficient (Wildman–Crippen LogP) is 3.91. The summed E-state index contributed by atoms with van der Waals surface area (Å²) < 4.78 is 10.3. The largest absolute Gasteiger partial charge is 0.497 e. The zero-order chi connectivity index (χ0) is 14.1. The van der Waals surface area contributed by atoms with Gasteiger partial charge in [-0.2, -0.15) is 0 Å². The number of carbonyl (C=O) groups excluding carboxylic acids is 1. The summed E-state index contributed by atoms with van der Waals surface area (Å²) in [4.78, 5) is 13.0. The number of benzene rings is 1. The molecule has 0 unspecified atom stereocenters. The molecule has 0 radical (unpaired) electrons. The SMILES string of the molecule is CCCC[C@H](Sc1ccc(OC)cc1)C(=O)OCC. The van der Waals surface area contributed by atoms with E-state index in [2.05, 4.69) is 6.92 Å².